The molecule has 72 valence electrons. The minimum absolute atomic E-state index is 0.0155. The van der Waals surface area contributed by atoms with Gasteiger partial charge in [0.2, 0.25) is 10.6 Å². The number of hydrogen-bond acceptors (Lipinski definition) is 5. The van der Waals surface area contributed by atoms with Crippen LogP contribution in [0.3, 0.4) is 0 Å². The molecule has 13 heavy (non-hydrogen) atoms. The maximum Gasteiger partial charge on any atom is 0.324 e. The predicted octanol–water partition coefficient (Wildman–Crippen LogP) is 1.55. The maximum absolute atomic E-state index is 5.51. The molecule has 0 aliphatic heterocycles. The minimum Gasteiger partial charge on any atom is -0.434 e. The van der Waals surface area contributed by atoms with Crippen molar-refractivity contribution >= 4 is 23.2 Å². The summed E-state index contributed by atoms with van der Waals surface area (Å²) in [6, 6.07) is 0.0411. The highest BCUT2D eigenvalue weighted by atomic mass is 35.5. The molecule has 1 heterocycles. The fourth-order valence-electron chi connectivity index (χ4n) is 0.558. The molecule has 0 aliphatic rings. The van der Waals surface area contributed by atoms with Crippen LogP contribution in [0.5, 0.6) is 6.01 Å². The number of methoxy groups -OCH3 is 1. The molecule has 5 nitrogen and oxygen atoms in total. The molecule has 0 spiro atoms. The van der Waals surface area contributed by atoms with Gasteiger partial charge < -0.3 is 9.47 Å². The lowest BCUT2D eigenvalue weighted by atomic mass is 10.7. The highest BCUT2D eigenvalue weighted by Crippen LogP contribution is 2.12. The van der Waals surface area contributed by atoms with Crippen molar-refractivity contribution in [1.82, 2.24) is 15.0 Å². The molecule has 0 saturated heterocycles. The van der Waals surface area contributed by atoms with Gasteiger partial charge in [0.15, 0.2) is 6.29 Å². The van der Waals surface area contributed by atoms with Gasteiger partial charge in [-0.25, -0.2) is 0 Å². The molecule has 0 amide bonds. The van der Waals surface area contributed by atoms with Crippen LogP contribution in [0.15, 0.2) is 0 Å². The van der Waals surface area contributed by atoms with Crippen molar-refractivity contribution in [3.8, 4) is 6.01 Å². The van der Waals surface area contributed by atoms with Crippen LogP contribution in [0.2, 0.25) is 10.6 Å². The van der Waals surface area contributed by atoms with E-state index in [-0.39, 0.29) is 16.6 Å². The summed E-state index contributed by atoms with van der Waals surface area (Å²) in [4.78, 5) is 10.9. The molecule has 0 aliphatic carbocycles. The highest BCUT2D eigenvalue weighted by molar-refractivity contribution is 6.31. The van der Waals surface area contributed by atoms with Crippen LogP contribution in [-0.2, 0) is 4.74 Å². The van der Waals surface area contributed by atoms with Crippen LogP contribution in [0, 0.1) is 0 Å². The number of rotatable bonds is 3. The molecule has 1 rings (SSSR count). The van der Waals surface area contributed by atoms with Gasteiger partial charge in [-0.1, -0.05) is 0 Å². The van der Waals surface area contributed by atoms with E-state index in [2.05, 4.69) is 15.0 Å². The second-order valence-corrected chi connectivity index (χ2v) is 2.75. The van der Waals surface area contributed by atoms with Crippen molar-refractivity contribution < 1.29 is 9.47 Å². The Morgan fingerprint density at radius 2 is 1.69 bits per heavy atom. The molecule has 0 saturated carbocycles. The van der Waals surface area contributed by atoms with Crippen LogP contribution < -0.4 is 4.74 Å². The van der Waals surface area contributed by atoms with E-state index in [9.17, 15) is 0 Å². The van der Waals surface area contributed by atoms with Gasteiger partial charge in [0.25, 0.3) is 0 Å². The average molecular weight is 224 g/mol. The molecule has 1 unspecified atom stereocenters. The van der Waals surface area contributed by atoms with Gasteiger partial charge >= 0.3 is 6.01 Å². The predicted molar refractivity (Wildman–Crippen MR) is 46.9 cm³/mol. The van der Waals surface area contributed by atoms with E-state index < -0.39 is 6.29 Å². The second-order valence-electron chi connectivity index (χ2n) is 2.08. The molecule has 1 aromatic heterocycles. The standard InChI is InChI=1S/C6H7Cl2N3O2/c1-3(12-2)13-6-10-4(7)9-5(8)11-6/h3H,1-2H3. The molecule has 7 heteroatoms. The monoisotopic (exact) mass is 223 g/mol. The Morgan fingerprint density at radius 3 is 2.15 bits per heavy atom. The third kappa shape index (κ3) is 3.30. The van der Waals surface area contributed by atoms with E-state index in [0.29, 0.717) is 0 Å². The number of ether oxygens (including phenoxy) is 2. The number of nitrogens with zero attached hydrogens (tertiary/aromatic N) is 3. The van der Waals surface area contributed by atoms with Crippen molar-refractivity contribution in [3.05, 3.63) is 10.6 Å². The Balaban J connectivity index is 2.77. The summed E-state index contributed by atoms with van der Waals surface area (Å²) in [5, 5.41) is -0.0309. The van der Waals surface area contributed by atoms with Crippen molar-refractivity contribution in [1.29, 1.82) is 0 Å². The molecular weight excluding hydrogens is 217 g/mol. The third-order valence-corrected chi connectivity index (χ3v) is 1.50. The zero-order valence-corrected chi connectivity index (χ0v) is 8.50. The lowest BCUT2D eigenvalue weighted by molar-refractivity contribution is -0.0440. The largest absolute Gasteiger partial charge is 0.434 e. The first-order chi connectivity index (χ1) is 6.11. The van der Waals surface area contributed by atoms with Crippen LogP contribution in [0.25, 0.3) is 0 Å². The van der Waals surface area contributed by atoms with Crippen LogP contribution in [0.4, 0.5) is 0 Å². The van der Waals surface area contributed by atoms with E-state index in [4.69, 9.17) is 32.7 Å². The van der Waals surface area contributed by atoms with E-state index in [0.717, 1.165) is 0 Å². The lowest BCUT2D eigenvalue weighted by Gasteiger charge is -2.09. The summed E-state index contributed by atoms with van der Waals surface area (Å²) in [6.45, 7) is 1.69. The Hall–Kier alpha value is -0.650. The summed E-state index contributed by atoms with van der Waals surface area (Å²) < 4.78 is 9.90. The van der Waals surface area contributed by atoms with E-state index >= 15 is 0 Å². The first-order valence-electron chi connectivity index (χ1n) is 3.38. The topological polar surface area (TPSA) is 57.1 Å². The SMILES string of the molecule is COC(C)Oc1nc(Cl)nc(Cl)n1. The molecule has 1 aromatic rings. The summed E-state index contributed by atoms with van der Waals surface area (Å²) in [6.07, 6.45) is -0.463. The van der Waals surface area contributed by atoms with Crippen LogP contribution in [-0.4, -0.2) is 28.4 Å². The smallest absolute Gasteiger partial charge is 0.324 e. The van der Waals surface area contributed by atoms with Gasteiger partial charge in [-0.15, -0.1) is 0 Å². The van der Waals surface area contributed by atoms with Gasteiger partial charge in [0.1, 0.15) is 0 Å². The Bertz CT molecular complexity index is 277. The molecule has 0 aromatic carbocycles. The van der Waals surface area contributed by atoms with Crippen molar-refractivity contribution in [2.45, 2.75) is 13.2 Å². The van der Waals surface area contributed by atoms with Gasteiger partial charge in [0.05, 0.1) is 0 Å². The highest BCUT2D eigenvalue weighted by Gasteiger charge is 2.07. The van der Waals surface area contributed by atoms with Crippen molar-refractivity contribution in [3.63, 3.8) is 0 Å². The normalized spacial score (nSPS) is 12.6. The fourth-order valence-corrected chi connectivity index (χ4v) is 0.906. The third-order valence-electron chi connectivity index (χ3n) is 1.16. The Labute approximate surface area is 85.0 Å². The summed E-state index contributed by atoms with van der Waals surface area (Å²) in [7, 11) is 1.50. The average Bonchev–Trinajstić information content (AvgIpc) is 2.02. The first-order valence-corrected chi connectivity index (χ1v) is 4.14. The van der Waals surface area contributed by atoms with E-state index in [1.807, 2.05) is 0 Å². The Morgan fingerprint density at radius 1 is 1.15 bits per heavy atom. The van der Waals surface area contributed by atoms with Gasteiger partial charge in [-0.2, -0.15) is 15.0 Å². The summed E-state index contributed by atoms with van der Waals surface area (Å²) in [5.41, 5.74) is 0. The zero-order valence-electron chi connectivity index (χ0n) is 6.99. The number of halogens is 2. The van der Waals surface area contributed by atoms with Crippen molar-refractivity contribution in [2.24, 2.45) is 0 Å². The van der Waals surface area contributed by atoms with Crippen molar-refractivity contribution in [2.75, 3.05) is 7.11 Å². The van der Waals surface area contributed by atoms with Gasteiger partial charge in [-0.3, -0.25) is 0 Å². The summed E-state index contributed by atoms with van der Waals surface area (Å²) in [5.74, 6) is 0. The van der Waals surface area contributed by atoms with E-state index in [1.165, 1.54) is 7.11 Å². The summed E-state index contributed by atoms with van der Waals surface area (Å²) >= 11 is 11.0. The maximum atomic E-state index is 5.51. The Kier molecular flexibility index (Phi) is 3.65. The number of aromatic nitrogens is 3. The van der Waals surface area contributed by atoms with E-state index in [1.54, 1.807) is 6.92 Å². The fraction of sp³-hybridized carbons (Fsp3) is 0.500. The van der Waals surface area contributed by atoms with Gasteiger partial charge in [-0.05, 0) is 30.1 Å². The molecule has 0 bridgehead atoms. The van der Waals surface area contributed by atoms with Crippen LogP contribution in [0.1, 0.15) is 6.92 Å². The molecule has 0 radical (unpaired) electrons. The van der Waals surface area contributed by atoms with Gasteiger partial charge in [0, 0.05) is 7.11 Å². The lowest BCUT2D eigenvalue weighted by Crippen LogP contribution is -2.15. The van der Waals surface area contributed by atoms with Crippen LogP contribution >= 0.6 is 23.2 Å². The molecular formula is C6H7Cl2N3O2. The first kappa shape index (κ1) is 10.4. The number of hydrogen-bond donors (Lipinski definition) is 0. The quantitative estimate of drug-likeness (QED) is 0.729. The molecule has 0 N–H and O–H groups in total. The molecule has 0 fully saturated rings. The minimum atomic E-state index is -0.463. The zero-order chi connectivity index (χ0) is 9.84. The second kappa shape index (κ2) is 4.55. The molecule has 1 atom stereocenters.